The largest absolute Gasteiger partial charge is 0.513 e. The summed E-state index contributed by atoms with van der Waals surface area (Å²) >= 11 is 0. The van der Waals surface area contributed by atoms with Crippen molar-refractivity contribution in [3.8, 4) is 17.2 Å². The molecule has 0 aliphatic heterocycles. The van der Waals surface area contributed by atoms with Crippen molar-refractivity contribution in [3.05, 3.63) is 102 Å². The molecular weight excluding hydrogens is 504 g/mol. The van der Waals surface area contributed by atoms with E-state index in [9.17, 15) is 19.2 Å². The fraction of sp³-hybridized carbons (Fsp3) is 0.200. The van der Waals surface area contributed by atoms with Gasteiger partial charge in [-0.25, -0.2) is 19.2 Å². The molecule has 0 aliphatic rings. The highest BCUT2D eigenvalue weighted by Gasteiger charge is 2.14. The third-order valence-corrected chi connectivity index (χ3v) is 5.29. The molecule has 0 aliphatic carbocycles. The van der Waals surface area contributed by atoms with Crippen molar-refractivity contribution < 1.29 is 42.9 Å². The molecule has 9 nitrogen and oxygen atoms in total. The van der Waals surface area contributed by atoms with Crippen LogP contribution in [-0.4, -0.2) is 37.3 Å². The lowest BCUT2D eigenvalue weighted by molar-refractivity contribution is -0.137. The monoisotopic (exact) mass is 532 g/mol. The highest BCUT2D eigenvalue weighted by molar-refractivity contribution is 5.93. The molecule has 0 atom stereocenters. The molecule has 0 amide bonds. The molecule has 0 unspecified atom stereocenters. The Morgan fingerprint density at radius 2 is 1.23 bits per heavy atom. The van der Waals surface area contributed by atoms with Crippen molar-refractivity contribution in [3.63, 3.8) is 0 Å². The van der Waals surface area contributed by atoms with E-state index in [0.29, 0.717) is 24.2 Å². The van der Waals surface area contributed by atoms with Crippen LogP contribution in [0, 0.1) is 13.8 Å². The first-order valence-electron chi connectivity index (χ1n) is 12.1. The van der Waals surface area contributed by atoms with Crippen molar-refractivity contribution in [2.75, 3.05) is 13.2 Å². The molecule has 0 radical (unpaired) electrons. The Hall–Kier alpha value is -4.92. The van der Waals surface area contributed by atoms with Gasteiger partial charge in [-0.05, 0) is 86.8 Å². The summed E-state index contributed by atoms with van der Waals surface area (Å²) in [4.78, 5) is 47.7. The van der Waals surface area contributed by atoms with E-state index in [1.165, 1.54) is 48.5 Å². The van der Waals surface area contributed by atoms with Crippen LogP contribution in [-0.2, 0) is 14.3 Å². The van der Waals surface area contributed by atoms with Gasteiger partial charge in [0, 0.05) is 6.08 Å². The minimum absolute atomic E-state index is 0.0942. The van der Waals surface area contributed by atoms with Crippen LogP contribution in [0.3, 0.4) is 0 Å². The molecule has 39 heavy (non-hydrogen) atoms. The van der Waals surface area contributed by atoms with Gasteiger partial charge in [-0.1, -0.05) is 24.3 Å². The zero-order valence-electron chi connectivity index (χ0n) is 21.6. The number of unbranched alkanes of at least 4 members (excludes halogenated alkanes) is 1. The zero-order chi connectivity index (χ0) is 28.2. The molecular formula is C30H28O9. The van der Waals surface area contributed by atoms with Gasteiger partial charge in [-0.15, -0.1) is 0 Å². The first-order chi connectivity index (χ1) is 18.7. The van der Waals surface area contributed by atoms with Gasteiger partial charge in [0.1, 0.15) is 17.2 Å². The molecule has 9 heteroatoms. The molecule has 0 saturated heterocycles. The zero-order valence-corrected chi connectivity index (χ0v) is 21.6. The fourth-order valence-electron chi connectivity index (χ4n) is 3.27. The summed E-state index contributed by atoms with van der Waals surface area (Å²) in [6.07, 6.45) is 1.18. The van der Waals surface area contributed by atoms with E-state index in [-0.39, 0.29) is 30.3 Å². The van der Waals surface area contributed by atoms with E-state index in [0.717, 1.165) is 17.2 Å². The summed E-state index contributed by atoms with van der Waals surface area (Å²) in [7, 11) is 0. The molecule has 0 aromatic heterocycles. The average molecular weight is 533 g/mol. The maximum absolute atomic E-state index is 12.5. The molecule has 0 N–H and O–H groups in total. The van der Waals surface area contributed by atoms with Gasteiger partial charge in [-0.2, -0.15) is 0 Å². The van der Waals surface area contributed by atoms with Gasteiger partial charge in [0.15, 0.2) is 0 Å². The topological polar surface area (TPSA) is 114 Å². The summed E-state index contributed by atoms with van der Waals surface area (Å²) in [5.74, 6) is -0.762. The first-order valence-corrected chi connectivity index (χ1v) is 12.1. The maximum atomic E-state index is 12.5. The second-order valence-electron chi connectivity index (χ2n) is 8.38. The van der Waals surface area contributed by atoms with E-state index in [4.69, 9.17) is 23.7 Å². The Morgan fingerprint density at radius 3 is 1.79 bits per heavy atom. The van der Waals surface area contributed by atoms with Gasteiger partial charge in [0.05, 0.1) is 24.3 Å². The minimum atomic E-state index is -0.899. The van der Waals surface area contributed by atoms with Crippen molar-refractivity contribution in [2.45, 2.75) is 26.7 Å². The number of ether oxygens (including phenoxy) is 5. The van der Waals surface area contributed by atoms with Crippen LogP contribution >= 0.6 is 0 Å². The first kappa shape index (κ1) is 28.6. The van der Waals surface area contributed by atoms with Crippen LogP contribution in [0.15, 0.2) is 79.4 Å². The highest BCUT2D eigenvalue weighted by Crippen LogP contribution is 2.21. The van der Waals surface area contributed by atoms with Crippen molar-refractivity contribution in [1.29, 1.82) is 0 Å². The van der Waals surface area contributed by atoms with Crippen LogP contribution in [0.25, 0.3) is 0 Å². The van der Waals surface area contributed by atoms with E-state index in [2.05, 4.69) is 6.58 Å². The second kappa shape index (κ2) is 14.1. The molecule has 3 aromatic carbocycles. The smallest absolute Gasteiger partial charge is 0.463 e. The molecule has 0 spiro atoms. The van der Waals surface area contributed by atoms with Gasteiger partial charge in [0.2, 0.25) is 0 Å². The summed E-state index contributed by atoms with van der Waals surface area (Å²) in [6.45, 7) is 7.40. The van der Waals surface area contributed by atoms with Gasteiger partial charge in [0.25, 0.3) is 0 Å². The quantitative estimate of drug-likeness (QED) is 0.0998. The van der Waals surface area contributed by atoms with E-state index < -0.39 is 24.1 Å². The number of carbonyl (C=O) groups excluding carboxylic acids is 4. The molecule has 3 rings (SSSR count). The summed E-state index contributed by atoms with van der Waals surface area (Å²) < 4.78 is 25.6. The lowest BCUT2D eigenvalue weighted by atomic mass is 10.1. The van der Waals surface area contributed by atoms with Gasteiger partial charge >= 0.3 is 24.1 Å². The molecule has 3 aromatic rings. The minimum Gasteiger partial charge on any atom is -0.463 e. The number of benzene rings is 3. The molecule has 0 saturated carbocycles. The summed E-state index contributed by atoms with van der Waals surface area (Å²) in [6, 6.07) is 17.3. The van der Waals surface area contributed by atoms with Crippen molar-refractivity contribution in [1.82, 2.24) is 0 Å². The Morgan fingerprint density at radius 1 is 0.692 bits per heavy atom. The highest BCUT2D eigenvalue weighted by atomic mass is 16.7. The SMILES string of the molecule is C=CC(=O)OCCCCOC(=O)Oc1ccc(C(=O)Oc2ccc(C(=O)Oc3ccc(C)cc3C)cc2)cc1. The predicted octanol–water partition coefficient (Wildman–Crippen LogP) is 5.77. The Labute approximate surface area is 225 Å². The number of aryl methyl sites for hydroxylation is 2. The van der Waals surface area contributed by atoms with Crippen molar-refractivity contribution in [2.24, 2.45) is 0 Å². The third kappa shape index (κ3) is 9.15. The molecule has 0 fully saturated rings. The normalized spacial score (nSPS) is 10.2. The predicted molar refractivity (Wildman–Crippen MR) is 141 cm³/mol. The lowest BCUT2D eigenvalue weighted by Crippen LogP contribution is -2.13. The van der Waals surface area contributed by atoms with Crippen LogP contribution in [0.4, 0.5) is 4.79 Å². The number of esters is 3. The van der Waals surface area contributed by atoms with Crippen LogP contribution in [0.1, 0.15) is 44.7 Å². The second-order valence-corrected chi connectivity index (χ2v) is 8.38. The third-order valence-electron chi connectivity index (χ3n) is 5.29. The maximum Gasteiger partial charge on any atom is 0.513 e. The molecule has 0 heterocycles. The molecule has 202 valence electrons. The number of carbonyl (C=O) groups is 4. The van der Waals surface area contributed by atoms with Crippen LogP contribution in [0.2, 0.25) is 0 Å². The Balaban J connectivity index is 1.44. The van der Waals surface area contributed by atoms with Gasteiger partial charge < -0.3 is 23.7 Å². The van der Waals surface area contributed by atoms with Crippen LogP contribution in [0.5, 0.6) is 17.2 Å². The summed E-state index contributed by atoms with van der Waals surface area (Å²) in [5.41, 5.74) is 2.45. The Bertz CT molecular complexity index is 1330. The number of hydrogen-bond acceptors (Lipinski definition) is 9. The van der Waals surface area contributed by atoms with E-state index in [1.54, 1.807) is 6.07 Å². The number of hydrogen-bond donors (Lipinski definition) is 0. The van der Waals surface area contributed by atoms with E-state index >= 15 is 0 Å². The average Bonchev–Trinajstić information content (AvgIpc) is 2.92. The number of rotatable bonds is 11. The molecule has 0 bridgehead atoms. The van der Waals surface area contributed by atoms with Gasteiger partial charge in [-0.3, -0.25) is 0 Å². The van der Waals surface area contributed by atoms with Crippen molar-refractivity contribution >= 4 is 24.1 Å². The standard InChI is InChI=1S/C30H28O9/c1-4-27(31)35-17-5-6-18-36-30(34)38-25-14-10-22(11-15-25)28(32)37-24-12-8-23(9-13-24)29(33)39-26-16-7-20(2)19-21(26)3/h4,7-16,19H,1,5-6,17-18H2,2-3H3. The Kier molecular flexibility index (Phi) is 10.4. The lowest BCUT2D eigenvalue weighted by Gasteiger charge is -2.09. The summed E-state index contributed by atoms with van der Waals surface area (Å²) in [5, 5.41) is 0. The van der Waals surface area contributed by atoms with Crippen LogP contribution < -0.4 is 14.2 Å². The fourth-order valence-corrected chi connectivity index (χ4v) is 3.27. The van der Waals surface area contributed by atoms with E-state index in [1.807, 2.05) is 26.0 Å².